The molecule has 1 aromatic carbocycles. The van der Waals surface area contributed by atoms with Crippen LogP contribution in [0.25, 0.3) is 0 Å². The molecule has 1 unspecified atom stereocenters. The number of Topliss-reactive ketones (excluding diaryl/α,β-unsaturated/α-hetero) is 1. The van der Waals surface area contributed by atoms with Gasteiger partial charge in [0.15, 0.2) is 11.2 Å². The Morgan fingerprint density at radius 1 is 1.21 bits per heavy atom. The van der Waals surface area contributed by atoms with E-state index in [2.05, 4.69) is 4.98 Å². The Kier molecular flexibility index (Phi) is 5.93. The lowest BCUT2D eigenvalue weighted by atomic mass is 9.96. The SMILES string of the molecule is Cc1cc(C)c(C(=O)C(C)OC(=O)Cc2csc(N3CCCC3=O)n2)cc1C. The maximum absolute atomic E-state index is 12.7. The van der Waals surface area contributed by atoms with Crippen LogP contribution in [0, 0.1) is 20.8 Å². The van der Waals surface area contributed by atoms with Crippen LogP contribution in [0.1, 0.15) is 52.5 Å². The highest BCUT2D eigenvalue weighted by Gasteiger charge is 2.25. The summed E-state index contributed by atoms with van der Waals surface area (Å²) in [4.78, 5) is 42.8. The molecule has 7 heteroatoms. The minimum absolute atomic E-state index is 0.0257. The fourth-order valence-electron chi connectivity index (χ4n) is 3.24. The number of hydrogen-bond donors (Lipinski definition) is 0. The fourth-order valence-corrected chi connectivity index (χ4v) is 4.10. The van der Waals surface area contributed by atoms with Gasteiger partial charge in [0.1, 0.15) is 0 Å². The van der Waals surface area contributed by atoms with Gasteiger partial charge < -0.3 is 4.74 Å². The number of rotatable bonds is 6. The maximum atomic E-state index is 12.7. The first-order chi connectivity index (χ1) is 13.3. The minimum Gasteiger partial charge on any atom is -0.454 e. The molecule has 1 fully saturated rings. The molecule has 2 heterocycles. The Morgan fingerprint density at radius 3 is 2.61 bits per heavy atom. The monoisotopic (exact) mass is 400 g/mol. The third-order valence-electron chi connectivity index (χ3n) is 4.95. The second kappa shape index (κ2) is 8.22. The maximum Gasteiger partial charge on any atom is 0.312 e. The number of carbonyl (C=O) groups is 3. The first-order valence-electron chi connectivity index (χ1n) is 9.32. The van der Waals surface area contributed by atoms with Crippen molar-refractivity contribution in [2.75, 3.05) is 11.4 Å². The van der Waals surface area contributed by atoms with Gasteiger partial charge >= 0.3 is 5.97 Å². The number of thiazole rings is 1. The zero-order valence-electron chi connectivity index (χ0n) is 16.6. The van der Waals surface area contributed by atoms with Crippen molar-refractivity contribution in [3.8, 4) is 0 Å². The molecule has 0 spiro atoms. The van der Waals surface area contributed by atoms with E-state index in [4.69, 9.17) is 4.74 Å². The van der Waals surface area contributed by atoms with Gasteiger partial charge in [-0.3, -0.25) is 19.3 Å². The summed E-state index contributed by atoms with van der Waals surface area (Å²) < 4.78 is 5.35. The molecule has 0 aliphatic carbocycles. The highest BCUT2D eigenvalue weighted by atomic mass is 32.1. The van der Waals surface area contributed by atoms with Gasteiger partial charge in [0.05, 0.1) is 12.1 Å². The molecule has 28 heavy (non-hydrogen) atoms. The molecule has 1 aliphatic rings. The van der Waals surface area contributed by atoms with E-state index >= 15 is 0 Å². The average Bonchev–Trinajstić information content (AvgIpc) is 3.25. The van der Waals surface area contributed by atoms with Crippen LogP contribution in [0.2, 0.25) is 0 Å². The number of hydrogen-bond acceptors (Lipinski definition) is 6. The topological polar surface area (TPSA) is 76.6 Å². The highest BCUT2D eigenvalue weighted by molar-refractivity contribution is 7.14. The smallest absolute Gasteiger partial charge is 0.312 e. The van der Waals surface area contributed by atoms with Crippen molar-refractivity contribution in [3.63, 3.8) is 0 Å². The lowest BCUT2D eigenvalue weighted by Crippen LogP contribution is -2.26. The number of aromatic nitrogens is 1. The van der Waals surface area contributed by atoms with E-state index in [1.54, 1.807) is 17.2 Å². The number of esters is 1. The summed E-state index contributed by atoms with van der Waals surface area (Å²) in [6.07, 6.45) is 0.468. The lowest BCUT2D eigenvalue weighted by molar-refractivity contribution is -0.145. The van der Waals surface area contributed by atoms with E-state index < -0.39 is 12.1 Å². The van der Waals surface area contributed by atoms with Crippen LogP contribution in [0.4, 0.5) is 5.13 Å². The molecular weight excluding hydrogens is 376 g/mol. The van der Waals surface area contributed by atoms with Crippen molar-refractivity contribution >= 4 is 34.1 Å². The second-order valence-corrected chi connectivity index (χ2v) is 8.03. The van der Waals surface area contributed by atoms with Crippen LogP contribution in [-0.4, -0.2) is 35.3 Å². The average molecular weight is 401 g/mol. The second-order valence-electron chi connectivity index (χ2n) is 7.19. The van der Waals surface area contributed by atoms with E-state index in [1.807, 2.05) is 32.9 Å². The van der Waals surface area contributed by atoms with E-state index in [9.17, 15) is 14.4 Å². The molecule has 0 bridgehead atoms. The first kappa shape index (κ1) is 20.2. The predicted octanol–water partition coefficient (Wildman–Crippen LogP) is 3.55. The minimum atomic E-state index is -0.869. The Labute approximate surface area is 168 Å². The molecule has 0 N–H and O–H groups in total. The number of ether oxygens (including phenoxy) is 1. The summed E-state index contributed by atoms with van der Waals surface area (Å²) in [7, 11) is 0. The Morgan fingerprint density at radius 2 is 1.93 bits per heavy atom. The van der Waals surface area contributed by atoms with Crippen molar-refractivity contribution in [2.24, 2.45) is 0 Å². The highest BCUT2D eigenvalue weighted by Crippen LogP contribution is 2.25. The van der Waals surface area contributed by atoms with E-state index in [1.165, 1.54) is 11.3 Å². The van der Waals surface area contributed by atoms with Gasteiger partial charge in [-0.05, 0) is 56.9 Å². The van der Waals surface area contributed by atoms with Crippen molar-refractivity contribution in [2.45, 2.75) is 53.1 Å². The molecule has 6 nitrogen and oxygen atoms in total. The third kappa shape index (κ3) is 4.30. The van der Waals surface area contributed by atoms with Gasteiger partial charge in [-0.15, -0.1) is 11.3 Å². The van der Waals surface area contributed by atoms with Crippen LogP contribution in [0.5, 0.6) is 0 Å². The standard InChI is InChI=1S/C21H24N2O4S/c1-12-8-14(3)17(9-13(12)2)20(26)15(4)27-19(25)10-16-11-28-21(22-16)23-7-5-6-18(23)24/h8-9,11,15H,5-7,10H2,1-4H3. The van der Waals surface area contributed by atoms with Crippen LogP contribution >= 0.6 is 11.3 Å². The quantitative estimate of drug-likeness (QED) is 0.547. The van der Waals surface area contributed by atoms with Crippen molar-refractivity contribution in [1.29, 1.82) is 0 Å². The molecule has 1 aromatic heterocycles. The largest absolute Gasteiger partial charge is 0.454 e. The van der Waals surface area contributed by atoms with Crippen LogP contribution in [-0.2, 0) is 20.7 Å². The van der Waals surface area contributed by atoms with Crippen molar-refractivity contribution < 1.29 is 19.1 Å². The summed E-state index contributed by atoms with van der Waals surface area (Å²) in [6.45, 7) is 8.08. The zero-order valence-corrected chi connectivity index (χ0v) is 17.4. The number of amides is 1. The molecule has 3 rings (SSSR count). The summed E-state index contributed by atoms with van der Waals surface area (Å²) in [5.74, 6) is -0.658. The number of nitrogens with zero attached hydrogens (tertiary/aromatic N) is 2. The van der Waals surface area contributed by atoms with Gasteiger partial charge in [0.2, 0.25) is 11.7 Å². The first-order valence-corrected chi connectivity index (χ1v) is 10.2. The summed E-state index contributed by atoms with van der Waals surface area (Å²) in [5.41, 5.74) is 4.14. The fraction of sp³-hybridized carbons (Fsp3) is 0.429. The summed E-state index contributed by atoms with van der Waals surface area (Å²) in [6, 6.07) is 3.81. The molecule has 2 aromatic rings. The van der Waals surface area contributed by atoms with Crippen molar-refractivity contribution in [3.05, 3.63) is 45.5 Å². The number of ketones is 1. The molecule has 1 amide bonds. The van der Waals surface area contributed by atoms with Gasteiger partial charge in [0, 0.05) is 23.9 Å². The van der Waals surface area contributed by atoms with Gasteiger partial charge in [0.25, 0.3) is 0 Å². The third-order valence-corrected chi connectivity index (χ3v) is 5.87. The Hall–Kier alpha value is -2.54. The molecule has 0 saturated carbocycles. The van der Waals surface area contributed by atoms with Gasteiger partial charge in [-0.1, -0.05) is 6.07 Å². The van der Waals surface area contributed by atoms with Crippen LogP contribution in [0.15, 0.2) is 17.5 Å². The molecule has 1 aliphatic heterocycles. The summed E-state index contributed by atoms with van der Waals surface area (Å²) in [5, 5.41) is 2.36. The number of anilines is 1. The van der Waals surface area contributed by atoms with E-state index in [0.29, 0.717) is 29.4 Å². The van der Waals surface area contributed by atoms with E-state index in [-0.39, 0.29) is 18.1 Å². The normalized spacial score (nSPS) is 15.0. The zero-order chi connectivity index (χ0) is 20.4. The van der Waals surface area contributed by atoms with E-state index in [0.717, 1.165) is 23.1 Å². The molecule has 0 radical (unpaired) electrons. The molecule has 1 saturated heterocycles. The Bertz CT molecular complexity index is 934. The molecule has 148 valence electrons. The van der Waals surface area contributed by atoms with Crippen molar-refractivity contribution in [1.82, 2.24) is 4.98 Å². The van der Waals surface area contributed by atoms with Crippen LogP contribution in [0.3, 0.4) is 0 Å². The van der Waals surface area contributed by atoms with Crippen LogP contribution < -0.4 is 4.90 Å². The number of aryl methyl sites for hydroxylation is 3. The molecule has 1 atom stereocenters. The van der Waals surface area contributed by atoms with Gasteiger partial charge in [-0.2, -0.15) is 0 Å². The lowest BCUT2D eigenvalue weighted by Gasteiger charge is -2.15. The Balaban J connectivity index is 1.62. The number of benzene rings is 1. The predicted molar refractivity (Wildman–Crippen MR) is 108 cm³/mol. The molecular formula is C21H24N2O4S. The number of carbonyl (C=O) groups excluding carboxylic acids is 3. The van der Waals surface area contributed by atoms with Gasteiger partial charge in [-0.25, -0.2) is 4.98 Å². The summed E-state index contributed by atoms with van der Waals surface area (Å²) >= 11 is 1.34.